The first-order chi connectivity index (χ1) is 10.8. The van der Waals surface area contributed by atoms with Crippen molar-refractivity contribution in [2.75, 3.05) is 52.9 Å². The molecule has 0 unspecified atom stereocenters. The summed E-state index contributed by atoms with van der Waals surface area (Å²) in [5.74, 6) is 0. The van der Waals surface area contributed by atoms with Crippen molar-refractivity contribution in [2.24, 2.45) is 0 Å². The third-order valence-corrected chi connectivity index (χ3v) is 2.40. The van der Waals surface area contributed by atoms with Crippen molar-refractivity contribution >= 4 is 17.7 Å². The van der Waals surface area contributed by atoms with Crippen LogP contribution in [-0.4, -0.2) is 63.1 Å². The molecule has 0 fully saturated rings. The first kappa shape index (κ1) is 21.0. The number of benzene rings is 1. The zero-order valence-corrected chi connectivity index (χ0v) is 13.5. The molecule has 0 atom stereocenters. The second-order valence-corrected chi connectivity index (χ2v) is 4.24. The first-order valence-electron chi connectivity index (χ1n) is 7.12. The second kappa shape index (κ2) is 18.1. The van der Waals surface area contributed by atoms with E-state index in [1.807, 2.05) is 36.4 Å². The smallest absolute Gasteiger partial charge is 0.0701 e. The van der Waals surface area contributed by atoms with E-state index in [1.165, 1.54) is 5.54 Å². The number of ether oxygens (including phenoxy) is 3. The Kier molecular flexibility index (Phi) is 17.3. The van der Waals surface area contributed by atoms with Crippen LogP contribution in [0.25, 0.3) is 6.08 Å². The first-order valence-corrected chi connectivity index (χ1v) is 7.55. The SMILES string of the molecule is ClC=Cc1ccccc1.OCCOCCOCCOCCO. The van der Waals surface area contributed by atoms with Crippen LogP contribution in [0, 0.1) is 0 Å². The molecule has 5 nitrogen and oxygen atoms in total. The van der Waals surface area contributed by atoms with Gasteiger partial charge in [-0.3, -0.25) is 0 Å². The van der Waals surface area contributed by atoms with Crippen molar-refractivity contribution in [3.05, 3.63) is 41.4 Å². The average molecular weight is 333 g/mol. The highest BCUT2D eigenvalue weighted by Gasteiger charge is 1.89. The molecule has 0 aliphatic rings. The van der Waals surface area contributed by atoms with Gasteiger partial charge < -0.3 is 24.4 Å². The fraction of sp³-hybridized carbons (Fsp3) is 0.500. The summed E-state index contributed by atoms with van der Waals surface area (Å²) in [5.41, 5.74) is 2.64. The highest BCUT2D eigenvalue weighted by atomic mass is 35.5. The Morgan fingerprint density at radius 3 is 1.64 bits per heavy atom. The van der Waals surface area contributed by atoms with Gasteiger partial charge in [0.15, 0.2) is 0 Å². The number of halogens is 1. The third-order valence-electron chi connectivity index (χ3n) is 2.27. The predicted molar refractivity (Wildman–Crippen MR) is 88.0 cm³/mol. The fourth-order valence-electron chi connectivity index (χ4n) is 1.31. The van der Waals surface area contributed by atoms with Gasteiger partial charge >= 0.3 is 0 Å². The highest BCUT2D eigenvalue weighted by Crippen LogP contribution is 2.00. The summed E-state index contributed by atoms with van der Waals surface area (Å²) in [6, 6.07) is 9.93. The molecule has 0 saturated carbocycles. The summed E-state index contributed by atoms with van der Waals surface area (Å²) in [5, 5.41) is 16.7. The topological polar surface area (TPSA) is 68.2 Å². The van der Waals surface area contributed by atoms with Crippen LogP contribution in [0.5, 0.6) is 0 Å². The van der Waals surface area contributed by atoms with Gasteiger partial charge in [-0.05, 0) is 11.6 Å². The monoisotopic (exact) mass is 332 g/mol. The Balaban J connectivity index is 0.000000425. The maximum Gasteiger partial charge on any atom is 0.0701 e. The van der Waals surface area contributed by atoms with Gasteiger partial charge in [0, 0.05) is 5.54 Å². The predicted octanol–water partition coefficient (Wildman–Crippen LogP) is 1.92. The molecule has 1 aromatic carbocycles. The zero-order valence-electron chi connectivity index (χ0n) is 12.7. The molecule has 1 rings (SSSR count). The molecule has 6 heteroatoms. The Hall–Kier alpha value is -0.950. The minimum Gasteiger partial charge on any atom is -0.394 e. The van der Waals surface area contributed by atoms with E-state index in [0.717, 1.165) is 5.56 Å². The lowest BCUT2D eigenvalue weighted by Crippen LogP contribution is -2.11. The van der Waals surface area contributed by atoms with Crippen molar-refractivity contribution in [3.63, 3.8) is 0 Å². The molecule has 0 aliphatic carbocycles. The van der Waals surface area contributed by atoms with Gasteiger partial charge in [-0.2, -0.15) is 0 Å². The molecule has 0 heterocycles. The largest absolute Gasteiger partial charge is 0.394 e. The molecule has 1 aromatic rings. The van der Waals surface area contributed by atoms with Crippen molar-refractivity contribution < 1.29 is 24.4 Å². The lowest BCUT2D eigenvalue weighted by atomic mass is 10.2. The van der Waals surface area contributed by atoms with Crippen LogP contribution in [-0.2, 0) is 14.2 Å². The van der Waals surface area contributed by atoms with E-state index in [1.54, 1.807) is 0 Å². The maximum absolute atomic E-state index is 8.36. The fourth-order valence-corrected chi connectivity index (χ4v) is 1.45. The molecule has 0 saturated heterocycles. The third kappa shape index (κ3) is 15.4. The lowest BCUT2D eigenvalue weighted by molar-refractivity contribution is 0.00230. The van der Waals surface area contributed by atoms with Gasteiger partial charge in [0.25, 0.3) is 0 Å². The number of hydrogen-bond donors (Lipinski definition) is 2. The normalized spacial score (nSPS) is 10.5. The number of rotatable bonds is 11. The van der Waals surface area contributed by atoms with E-state index >= 15 is 0 Å². The summed E-state index contributed by atoms with van der Waals surface area (Å²) in [7, 11) is 0. The van der Waals surface area contributed by atoms with Gasteiger partial charge in [0.2, 0.25) is 0 Å². The second-order valence-electron chi connectivity index (χ2n) is 3.99. The summed E-state index contributed by atoms with van der Waals surface area (Å²) in [4.78, 5) is 0. The van der Waals surface area contributed by atoms with E-state index < -0.39 is 0 Å². The van der Waals surface area contributed by atoms with Crippen molar-refractivity contribution in [3.8, 4) is 0 Å². The number of aliphatic hydroxyl groups is 2. The van der Waals surface area contributed by atoms with Crippen LogP contribution < -0.4 is 0 Å². The molecular formula is C16H25ClO5. The highest BCUT2D eigenvalue weighted by molar-refractivity contribution is 6.27. The standard InChI is InChI=1S/C8H7Cl.C8H18O5/c9-7-6-8-4-2-1-3-5-8;9-1-3-11-5-7-13-8-6-12-4-2-10/h1-7H;9-10H,1-8H2. The minimum atomic E-state index is 0.0413. The Morgan fingerprint density at radius 1 is 0.773 bits per heavy atom. The molecule has 0 amide bonds. The zero-order chi connectivity index (χ0) is 16.3. The lowest BCUT2D eigenvalue weighted by Gasteiger charge is -2.04. The van der Waals surface area contributed by atoms with Crippen LogP contribution in [0.1, 0.15) is 5.56 Å². The van der Waals surface area contributed by atoms with Gasteiger partial charge in [-0.25, -0.2) is 0 Å². The van der Waals surface area contributed by atoms with E-state index in [2.05, 4.69) is 0 Å². The van der Waals surface area contributed by atoms with Crippen molar-refractivity contribution in [1.29, 1.82) is 0 Å². The Labute approximate surface area is 137 Å². The van der Waals surface area contributed by atoms with E-state index in [0.29, 0.717) is 39.6 Å². The number of aliphatic hydroxyl groups excluding tert-OH is 2. The quantitative estimate of drug-likeness (QED) is 0.606. The molecular weight excluding hydrogens is 308 g/mol. The summed E-state index contributed by atoms with van der Waals surface area (Å²) in [6.07, 6.45) is 1.85. The Morgan fingerprint density at radius 2 is 1.23 bits per heavy atom. The summed E-state index contributed by atoms with van der Waals surface area (Å²) < 4.78 is 15.0. The maximum atomic E-state index is 8.36. The number of hydrogen-bond acceptors (Lipinski definition) is 5. The van der Waals surface area contributed by atoms with E-state index in [4.69, 9.17) is 36.0 Å². The van der Waals surface area contributed by atoms with Gasteiger partial charge in [0.1, 0.15) is 0 Å². The van der Waals surface area contributed by atoms with E-state index in [-0.39, 0.29) is 13.2 Å². The summed E-state index contributed by atoms with van der Waals surface area (Å²) >= 11 is 5.36. The molecule has 126 valence electrons. The molecule has 0 aromatic heterocycles. The van der Waals surface area contributed by atoms with Crippen molar-refractivity contribution in [2.45, 2.75) is 0 Å². The minimum absolute atomic E-state index is 0.0413. The molecule has 2 N–H and O–H groups in total. The summed E-state index contributed by atoms with van der Waals surface area (Å²) in [6.45, 7) is 2.76. The Bertz CT molecular complexity index is 336. The molecule has 0 bridgehead atoms. The van der Waals surface area contributed by atoms with Gasteiger partial charge in [-0.15, -0.1) is 0 Å². The van der Waals surface area contributed by atoms with Gasteiger partial charge in [0.05, 0.1) is 52.9 Å². The van der Waals surface area contributed by atoms with E-state index in [9.17, 15) is 0 Å². The molecule has 0 aliphatic heterocycles. The van der Waals surface area contributed by atoms with Crippen molar-refractivity contribution in [1.82, 2.24) is 0 Å². The van der Waals surface area contributed by atoms with Crippen LogP contribution >= 0.6 is 11.6 Å². The van der Waals surface area contributed by atoms with Crippen LogP contribution in [0.15, 0.2) is 35.9 Å². The molecule has 0 radical (unpaired) electrons. The van der Waals surface area contributed by atoms with Crippen LogP contribution in [0.2, 0.25) is 0 Å². The van der Waals surface area contributed by atoms with Crippen LogP contribution in [0.4, 0.5) is 0 Å². The molecule has 0 spiro atoms. The van der Waals surface area contributed by atoms with Gasteiger partial charge in [-0.1, -0.05) is 41.9 Å². The average Bonchev–Trinajstić information content (AvgIpc) is 2.55. The molecule has 22 heavy (non-hydrogen) atoms. The van der Waals surface area contributed by atoms with Crippen LogP contribution in [0.3, 0.4) is 0 Å².